The first-order valence-electron chi connectivity index (χ1n) is 9.43. The summed E-state index contributed by atoms with van der Waals surface area (Å²) >= 11 is 1.30. The van der Waals surface area contributed by atoms with Gasteiger partial charge in [0, 0.05) is 12.2 Å². The molecule has 0 fully saturated rings. The van der Waals surface area contributed by atoms with E-state index in [0.29, 0.717) is 28.5 Å². The molecule has 28 heavy (non-hydrogen) atoms. The molecule has 1 amide bonds. The number of hydrogen-bond acceptors (Lipinski definition) is 4. The maximum atomic E-state index is 12.9. The van der Waals surface area contributed by atoms with Crippen molar-refractivity contribution in [2.24, 2.45) is 5.92 Å². The summed E-state index contributed by atoms with van der Waals surface area (Å²) in [6.45, 7) is 6.83. The molecular weight excluding hydrogens is 370 g/mol. The van der Waals surface area contributed by atoms with E-state index in [9.17, 15) is 9.59 Å². The van der Waals surface area contributed by atoms with Crippen LogP contribution in [0.3, 0.4) is 0 Å². The Morgan fingerprint density at radius 1 is 1.18 bits per heavy atom. The predicted octanol–water partition coefficient (Wildman–Crippen LogP) is 4.48. The highest BCUT2D eigenvalue weighted by molar-refractivity contribution is 7.99. The summed E-state index contributed by atoms with van der Waals surface area (Å²) in [7, 11) is 0. The fourth-order valence-electron chi connectivity index (χ4n) is 2.89. The van der Waals surface area contributed by atoms with Crippen LogP contribution in [-0.2, 0) is 11.3 Å². The molecule has 6 heteroatoms. The molecule has 0 saturated heterocycles. The lowest BCUT2D eigenvalue weighted by Crippen LogP contribution is -2.25. The van der Waals surface area contributed by atoms with Crippen LogP contribution in [0, 0.1) is 12.8 Å². The minimum atomic E-state index is -0.117. The number of fused-ring (bicyclic) bond motifs is 1. The Hall–Kier alpha value is -2.60. The van der Waals surface area contributed by atoms with Crippen molar-refractivity contribution >= 4 is 34.3 Å². The van der Waals surface area contributed by atoms with Crippen LogP contribution in [0.1, 0.15) is 25.8 Å². The third-order valence-corrected chi connectivity index (χ3v) is 5.37. The number of carbonyl (C=O) groups excluding carboxylic acids is 1. The van der Waals surface area contributed by atoms with Crippen molar-refractivity contribution in [2.45, 2.75) is 38.9 Å². The molecule has 0 aliphatic rings. The van der Waals surface area contributed by atoms with E-state index in [4.69, 9.17) is 0 Å². The molecule has 1 heterocycles. The van der Waals surface area contributed by atoms with Gasteiger partial charge in [0.2, 0.25) is 5.91 Å². The summed E-state index contributed by atoms with van der Waals surface area (Å²) < 4.78 is 1.70. The SMILES string of the molecule is Cc1cccc(NC(=O)CSc2nc3ccccc3c(=O)n2CCC(C)C)c1. The van der Waals surface area contributed by atoms with E-state index in [-0.39, 0.29) is 17.2 Å². The second-order valence-electron chi connectivity index (χ2n) is 7.26. The number of anilines is 1. The molecule has 5 nitrogen and oxygen atoms in total. The van der Waals surface area contributed by atoms with E-state index >= 15 is 0 Å². The zero-order valence-electron chi connectivity index (χ0n) is 16.4. The molecule has 0 saturated carbocycles. The van der Waals surface area contributed by atoms with E-state index in [1.807, 2.05) is 49.4 Å². The lowest BCUT2D eigenvalue weighted by Gasteiger charge is -2.14. The van der Waals surface area contributed by atoms with Crippen LogP contribution in [0.25, 0.3) is 10.9 Å². The highest BCUT2D eigenvalue weighted by atomic mass is 32.2. The van der Waals surface area contributed by atoms with Gasteiger partial charge in [-0.2, -0.15) is 0 Å². The lowest BCUT2D eigenvalue weighted by atomic mass is 10.1. The molecule has 0 radical (unpaired) electrons. The third kappa shape index (κ3) is 5.01. The molecule has 0 spiro atoms. The molecule has 3 aromatic rings. The number of para-hydroxylation sites is 1. The Morgan fingerprint density at radius 3 is 2.71 bits per heavy atom. The number of carbonyl (C=O) groups is 1. The van der Waals surface area contributed by atoms with E-state index in [0.717, 1.165) is 17.7 Å². The van der Waals surface area contributed by atoms with Gasteiger partial charge in [0.05, 0.1) is 16.7 Å². The van der Waals surface area contributed by atoms with Crippen LogP contribution in [-0.4, -0.2) is 21.2 Å². The summed E-state index contributed by atoms with van der Waals surface area (Å²) in [6.07, 6.45) is 0.878. The summed E-state index contributed by atoms with van der Waals surface area (Å²) in [5, 5.41) is 4.10. The minimum absolute atomic E-state index is 0.0483. The Morgan fingerprint density at radius 2 is 1.96 bits per heavy atom. The number of amides is 1. The topological polar surface area (TPSA) is 64.0 Å². The highest BCUT2D eigenvalue weighted by Gasteiger charge is 2.13. The Bertz CT molecular complexity index is 1040. The summed E-state index contributed by atoms with van der Waals surface area (Å²) in [6, 6.07) is 15.0. The van der Waals surface area contributed by atoms with Gasteiger partial charge in [-0.05, 0) is 49.1 Å². The fraction of sp³-hybridized carbons (Fsp3) is 0.318. The fourth-order valence-corrected chi connectivity index (χ4v) is 3.72. The van der Waals surface area contributed by atoms with Crippen molar-refractivity contribution in [2.75, 3.05) is 11.1 Å². The van der Waals surface area contributed by atoms with Crippen molar-refractivity contribution in [3.63, 3.8) is 0 Å². The molecular formula is C22H25N3O2S. The van der Waals surface area contributed by atoms with Gasteiger partial charge in [0.15, 0.2) is 5.16 Å². The first-order valence-corrected chi connectivity index (χ1v) is 10.4. The smallest absolute Gasteiger partial charge is 0.262 e. The molecule has 0 atom stereocenters. The first kappa shape index (κ1) is 20.1. The number of rotatable bonds is 7. The zero-order valence-corrected chi connectivity index (χ0v) is 17.3. The standard InChI is InChI=1S/C22H25N3O2S/c1-15(2)11-12-25-21(27)18-9-4-5-10-19(18)24-22(25)28-14-20(26)23-17-8-6-7-16(3)13-17/h4-10,13,15H,11-12,14H2,1-3H3,(H,23,26). The van der Waals surface area contributed by atoms with Gasteiger partial charge in [0.1, 0.15) is 0 Å². The Labute approximate surface area is 169 Å². The Balaban J connectivity index is 1.81. The number of nitrogens with zero attached hydrogens (tertiary/aromatic N) is 2. The zero-order chi connectivity index (χ0) is 20.1. The summed E-state index contributed by atoms with van der Waals surface area (Å²) in [5.74, 6) is 0.551. The summed E-state index contributed by atoms with van der Waals surface area (Å²) in [4.78, 5) is 30.0. The van der Waals surface area contributed by atoms with Gasteiger partial charge >= 0.3 is 0 Å². The molecule has 1 N–H and O–H groups in total. The van der Waals surface area contributed by atoms with E-state index in [1.165, 1.54) is 11.8 Å². The molecule has 3 rings (SSSR count). The van der Waals surface area contributed by atoms with Crippen LogP contribution in [0.2, 0.25) is 0 Å². The van der Waals surface area contributed by atoms with Crippen molar-refractivity contribution in [1.29, 1.82) is 0 Å². The van der Waals surface area contributed by atoms with Gasteiger partial charge in [-0.3, -0.25) is 14.2 Å². The van der Waals surface area contributed by atoms with Gasteiger partial charge < -0.3 is 5.32 Å². The molecule has 0 bridgehead atoms. The largest absolute Gasteiger partial charge is 0.325 e. The molecule has 0 aliphatic heterocycles. The monoisotopic (exact) mass is 395 g/mol. The number of thioether (sulfide) groups is 1. The molecule has 1 aromatic heterocycles. The molecule has 0 unspecified atom stereocenters. The van der Waals surface area contributed by atoms with Crippen molar-refractivity contribution < 1.29 is 4.79 Å². The van der Waals surface area contributed by atoms with Crippen LogP contribution < -0.4 is 10.9 Å². The van der Waals surface area contributed by atoms with Crippen LogP contribution >= 0.6 is 11.8 Å². The van der Waals surface area contributed by atoms with Gasteiger partial charge in [0.25, 0.3) is 5.56 Å². The summed E-state index contributed by atoms with van der Waals surface area (Å²) in [5.41, 5.74) is 2.47. The van der Waals surface area contributed by atoms with Crippen LogP contribution in [0.5, 0.6) is 0 Å². The number of aryl methyl sites for hydroxylation is 1. The maximum absolute atomic E-state index is 12.9. The second kappa shape index (κ2) is 9.06. The van der Waals surface area contributed by atoms with Crippen molar-refractivity contribution in [1.82, 2.24) is 9.55 Å². The maximum Gasteiger partial charge on any atom is 0.262 e. The highest BCUT2D eigenvalue weighted by Crippen LogP contribution is 2.19. The average molecular weight is 396 g/mol. The van der Waals surface area contributed by atoms with Crippen LogP contribution in [0.4, 0.5) is 5.69 Å². The lowest BCUT2D eigenvalue weighted by molar-refractivity contribution is -0.113. The van der Waals surface area contributed by atoms with E-state index in [2.05, 4.69) is 24.1 Å². The second-order valence-corrected chi connectivity index (χ2v) is 8.20. The quantitative estimate of drug-likeness (QED) is 0.473. The minimum Gasteiger partial charge on any atom is -0.325 e. The third-order valence-electron chi connectivity index (χ3n) is 4.39. The number of nitrogens with one attached hydrogen (secondary N) is 1. The van der Waals surface area contributed by atoms with Gasteiger partial charge in [-0.25, -0.2) is 4.98 Å². The van der Waals surface area contributed by atoms with Crippen LogP contribution in [0.15, 0.2) is 58.5 Å². The normalized spacial score (nSPS) is 11.1. The van der Waals surface area contributed by atoms with Crippen molar-refractivity contribution in [3.8, 4) is 0 Å². The molecule has 0 aliphatic carbocycles. The Kier molecular flexibility index (Phi) is 6.52. The van der Waals surface area contributed by atoms with E-state index < -0.39 is 0 Å². The molecule has 2 aromatic carbocycles. The van der Waals surface area contributed by atoms with E-state index in [1.54, 1.807) is 10.6 Å². The first-order chi connectivity index (χ1) is 13.4. The average Bonchev–Trinajstić information content (AvgIpc) is 2.65. The van der Waals surface area contributed by atoms with Gasteiger partial charge in [-0.1, -0.05) is 49.9 Å². The predicted molar refractivity (Wildman–Crippen MR) is 116 cm³/mol. The number of benzene rings is 2. The number of aromatic nitrogens is 2. The molecule has 146 valence electrons. The number of hydrogen-bond donors (Lipinski definition) is 1. The van der Waals surface area contributed by atoms with Gasteiger partial charge in [-0.15, -0.1) is 0 Å². The van der Waals surface area contributed by atoms with Crippen molar-refractivity contribution in [3.05, 3.63) is 64.4 Å².